The highest BCUT2D eigenvalue weighted by molar-refractivity contribution is 6.32. The van der Waals surface area contributed by atoms with Gasteiger partial charge in [-0.05, 0) is 79.4 Å². The number of nitrogen functional groups attached to an aromatic ring is 1. The minimum Gasteiger partial charge on any atom is -0.398 e. The lowest BCUT2D eigenvalue weighted by Gasteiger charge is -2.29. The van der Waals surface area contributed by atoms with E-state index in [1.807, 2.05) is 29.2 Å². The molecule has 13 heteroatoms. The van der Waals surface area contributed by atoms with E-state index in [0.717, 1.165) is 11.1 Å². The molecule has 3 aromatic rings. The zero-order valence-electron chi connectivity index (χ0n) is 27.6. The third-order valence-corrected chi connectivity index (χ3v) is 10.1. The van der Waals surface area contributed by atoms with Crippen LogP contribution in [0.3, 0.4) is 0 Å². The van der Waals surface area contributed by atoms with E-state index < -0.39 is 11.5 Å². The van der Waals surface area contributed by atoms with Gasteiger partial charge in [0.25, 0.3) is 0 Å². The molecule has 2 saturated heterocycles. The van der Waals surface area contributed by atoms with Gasteiger partial charge in [0.1, 0.15) is 6.07 Å². The van der Waals surface area contributed by atoms with Gasteiger partial charge in [0, 0.05) is 61.3 Å². The maximum absolute atomic E-state index is 13.9. The lowest BCUT2D eigenvalue weighted by Crippen LogP contribution is -2.43. The van der Waals surface area contributed by atoms with Crippen molar-refractivity contribution in [2.24, 2.45) is 5.41 Å². The minimum atomic E-state index is -0.695. The topological polar surface area (TPSA) is 180 Å². The lowest BCUT2D eigenvalue weighted by atomic mass is 9.85. The van der Waals surface area contributed by atoms with E-state index in [0.29, 0.717) is 85.6 Å². The zero-order chi connectivity index (χ0) is 35.6. The smallest absolute Gasteiger partial charge is 0.398 e. The summed E-state index contributed by atoms with van der Waals surface area (Å²) in [6, 6.07) is 19.3. The summed E-state index contributed by atoms with van der Waals surface area (Å²) in [5, 5.41) is 28.5. The molecule has 3 aliphatic heterocycles. The molecule has 0 saturated carbocycles. The van der Waals surface area contributed by atoms with Crippen LogP contribution in [0, 0.1) is 27.6 Å². The first kappa shape index (κ1) is 34.4. The standard InChI is InChI=1S/C37H37ClN8O4/c1-43-36(49)50-34(42)25-4-2-23(3-5-25)24-10-14-45(15-11-24)32(47)21-44-16-12-37(22-44)13-17-46(35(37)48)28-8-9-31(40)29(19-28)33(41)26-6-7-27(20-39)30(38)18-26/h2-10,18-19,41-42H,11-17,21-22,40H2,1H3,(H,43,49)/t37-/m0/s1. The molecule has 0 aliphatic carbocycles. The summed E-state index contributed by atoms with van der Waals surface area (Å²) in [4.78, 5) is 44.3. The van der Waals surface area contributed by atoms with Crippen LogP contribution < -0.4 is 16.0 Å². The van der Waals surface area contributed by atoms with Crippen LogP contribution in [0.25, 0.3) is 5.57 Å². The van der Waals surface area contributed by atoms with Crippen molar-refractivity contribution in [2.45, 2.75) is 19.3 Å². The molecule has 0 radical (unpaired) electrons. The number of ether oxygens (including phenoxy) is 1. The van der Waals surface area contributed by atoms with Crippen LogP contribution in [-0.2, 0) is 14.3 Å². The number of anilines is 2. The van der Waals surface area contributed by atoms with Crippen molar-refractivity contribution in [1.82, 2.24) is 15.1 Å². The van der Waals surface area contributed by atoms with E-state index in [2.05, 4.69) is 10.2 Å². The van der Waals surface area contributed by atoms with E-state index in [-0.39, 0.29) is 35.0 Å². The summed E-state index contributed by atoms with van der Waals surface area (Å²) in [5.41, 5.74) is 10.8. The van der Waals surface area contributed by atoms with E-state index in [4.69, 9.17) is 32.9 Å². The Hall–Kier alpha value is -5.51. The molecule has 3 amide bonds. The Morgan fingerprint density at radius 1 is 1.04 bits per heavy atom. The van der Waals surface area contributed by atoms with E-state index in [9.17, 15) is 19.6 Å². The quantitative estimate of drug-likeness (QED) is 0.158. The Kier molecular flexibility index (Phi) is 9.72. The molecule has 50 heavy (non-hydrogen) atoms. The first-order chi connectivity index (χ1) is 24.0. The monoisotopic (exact) mass is 692 g/mol. The SMILES string of the molecule is CNC(=O)OC(=N)c1ccc(C2=CCN(C(=O)CN3CC[C@]4(CCN(c5ccc(N)c(C(=N)c6ccc(C#N)c(Cl)c6)c5)C4=O)C3)CC2)cc1. The molecule has 3 heterocycles. The third-order valence-electron chi connectivity index (χ3n) is 9.78. The Morgan fingerprint density at radius 3 is 2.46 bits per heavy atom. The highest BCUT2D eigenvalue weighted by atomic mass is 35.5. The largest absolute Gasteiger partial charge is 0.413 e. The van der Waals surface area contributed by atoms with Gasteiger partial charge in [0.15, 0.2) is 0 Å². The van der Waals surface area contributed by atoms with Crippen molar-refractivity contribution in [1.29, 1.82) is 16.1 Å². The summed E-state index contributed by atoms with van der Waals surface area (Å²) in [6.45, 7) is 3.01. The number of nitrogens with two attached hydrogens (primary N) is 1. The van der Waals surface area contributed by atoms with Crippen molar-refractivity contribution in [3.05, 3.63) is 99.6 Å². The first-order valence-corrected chi connectivity index (χ1v) is 16.7. The number of benzene rings is 3. The summed E-state index contributed by atoms with van der Waals surface area (Å²) in [7, 11) is 1.43. The number of alkyl carbamates (subject to hydrolysis) is 1. The number of hydrogen-bond acceptors (Lipinski definition) is 9. The molecule has 0 bridgehead atoms. The van der Waals surface area contributed by atoms with Crippen molar-refractivity contribution in [3.8, 4) is 6.07 Å². The molecular weight excluding hydrogens is 656 g/mol. The molecule has 0 unspecified atom stereocenters. The second-order valence-corrected chi connectivity index (χ2v) is 13.2. The normalized spacial score (nSPS) is 18.9. The zero-order valence-corrected chi connectivity index (χ0v) is 28.3. The van der Waals surface area contributed by atoms with Gasteiger partial charge in [-0.25, -0.2) is 4.79 Å². The highest BCUT2D eigenvalue weighted by Crippen LogP contribution is 2.43. The fraction of sp³-hybridized carbons (Fsp3) is 0.297. The number of likely N-dealkylation sites (tertiary alicyclic amines) is 1. The van der Waals surface area contributed by atoms with Gasteiger partial charge in [-0.2, -0.15) is 5.26 Å². The number of halogens is 1. The van der Waals surface area contributed by atoms with Crippen molar-refractivity contribution >= 4 is 58.1 Å². The average Bonchev–Trinajstić information content (AvgIpc) is 3.69. The van der Waals surface area contributed by atoms with E-state index in [1.54, 1.807) is 53.4 Å². The number of carbonyl (C=O) groups excluding carboxylic acids is 3. The molecule has 3 aliphatic rings. The van der Waals surface area contributed by atoms with Crippen LogP contribution in [0.2, 0.25) is 5.02 Å². The number of amides is 3. The molecule has 6 rings (SSSR count). The summed E-state index contributed by atoms with van der Waals surface area (Å²) >= 11 is 6.22. The molecule has 0 aromatic heterocycles. The number of nitrogens with zero attached hydrogens (tertiary/aromatic N) is 4. The second kappa shape index (κ2) is 14.2. The summed E-state index contributed by atoms with van der Waals surface area (Å²) < 4.78 is 4.89. The van der Waals surface area contributed by atoms with Gasteiger partial charge in [0.05, 0.1) is 28.3 Å². The van der Waals surface area contributed by atoms with E-state index in [1.165, 1.54) is 7.05 Å². The van der Waals surface area contributed by atoms with E-state index >= 15 is 0 Å². The Morgan fingerprint density at radius 2 is 1.78 bits per heavy atom. The van der Waals surface area contributed by atoms with Crippen molar-refractivity contribution in [2.75, 3.05) is 56.9 Å². The van der Waals surface area contributed by atoms with Gasteiger partial charge in [-0.15, -0.1) is 0 Å². The van der Waals surface area contributed by atoms with Crippen LogP contribution in [0.1, 0.15) is 47.1 Å². The van der Waals surface area contributed by atoms with Gasteiger partial charge < -0.3 is 25.6 Å². The van der Waals surface area contributed by atoms with Crippen LogP contribution in [0.15, 0.2) is 66.7 Å². The maximum atomic E-state index is 13.9. The van der Waals surface area contributed by atoms with Crippen LogP contribution in [0.4, 0.5) is 16.2 Å². The predicted molar refractivity (Wildman–Crippen MR) is 191 cm³/mol. The van der Waals surface area contributed by atoms with Gasteiger partial charge in [-0.3, -0.25) is 25.3 Å². The number of nitrogens with one attached hydrogen (secondary N) is 3. The molecule has 1 spiro atoms. The van der Waals surface area contributed by atoms with Gasteiger partial charge in [-0.1, -0.05) is 35.9 Å². The number of hydrogen-bond donors (Lipinski definition) is 4. The van der Waals surface area contributed by atoms with Gasteiger partial charge in [0.2, 0.25) is 17.7 Å². The number of rotatable bonds is 7. The molecule has 3 aromatic carbocycles. The molecule has 256 valence electrons. The Balaban J connectivity index is 1.05. The van der Waals surface area contributed by atoms with Crippen molar-refractivity contribution < 1.29 is 19.1 Å². The molecule has 12 nitrogen and oxygen atoms in total. The summed E-state index contributed by atoms with van der Waals surface area (Å²) in [6.07, 6.45) is 3.38. The fourth-order valence-corrected chi connectivity index (χ4v) is 7.09. The third kappa shape index (κ3) is 6.83. The van der Waals surface area contributed by atoms with Gasteiger partial charge >= 0.3 is 6.09 Å². The molecule has 1 atom stereocenters. The fourth-order valence-electron chi connectivity index (χ4n) is 6.87. The average molecular weight is 693 g/mol. The highest BCUT2D eigenvalue weighted by Gasteiger charge is 2.51. The second-order valence-electron chi connectivity index (χ2n) is 12.8. The van der Waals surface area contributed by atoms with Crippen LogP contribution >= 0.6 is 11.6 Å². The minimum absolute atomic E-state index is 0.0167. The molecule has 5 N–H and O–H groups in total. The molecule has 2 fully saturated rings. The number of carbonyl (C=O) groups is 3. The van der Waals surface area contributed by atoms with Crippen molar-refractivity contribution in [3.63, 3.8) is 0 Å². The van der Waals surface area contributed by atoms with Crippen LogP contribution in [0.5, 0.6) is 0 Å². The lowest BCUT2D eigenvalue weighted by molar-refractivity contribution is -0.132. The number of nitriles is 1. The van der Waals surface area contributed by atoms with Crippen LogP contribution in [-0.4, -0.2) is 85.6 Å². The Labute approximate surface area is 295 Å². The predicted octanol–water partition coefficient (Wildman–Crippen LogP) is 4.64. The maximum Gasteiger partial charge on any atom is 0.413 e. The first-order valence-electron chi connectivity index (χ1n) is 16.3. The Bertz CT molecular complexity index is 1970. The molecular formula is C37H37ClN8O4. The summed E-state index contributed by atoms with van der Waals surface area (Å²) in [5.74, 6) is -0.189.